The third-order valence-corrected chi connectivity index (χ3v) is 3.88. The van der Waals surface area contributed by atoms with Gasteiger partial charge in [-0.25, -0.2) is 0 Å². The lowest BCUT2D eigenvalue weighted by Gasteiger charge is -2.35. The number of carbonyl (C=O) groups excluding carboxylic acids is 1. The maximum absolute atomic E-state index is 12.4. The molecule has 1 fully saturated rings. The quantitative estimate of drug-likeness (QED) is 0.297. The fourth-order valence-electron chi connectivity index (χ4n) is 2.58. The molecule has 110 valence electrons. The number of aliphatic hydroxyl groups excluding tert-OH is 1. The van der Waals surface area contributed by atoms with Crippen molar-refractivity contribution in [2.24, 2.45) is 22.7 Å². The summed E-state index contributed by atoms with van der Waals surface area (Å²) < 4.78 is 0. The van der Waals surface area contributed by atoms with Crippen molar-refractivity contribution in [1.29, 1.82) is 0 Å². The van der Waals surface area contributed by atoms with Crippen LogP contribution in [0.2, 0.25) is 0 Å². The highest BCUT2D eigenvalue weighted by Gasteiger charge is 2.31. The average molecular weight is 271 g/mol. The van der Waals surface area contributed by atoms with Gasteiger partial charge in [0.25, 0.3) is 0 Å². The maximum Gasteiger partial charge on any atom is 0.233 e. The number of nitrogens with zero attached hydrogens (tertiary/aromatic N) is 2. The Morgan fingerprint density at radius 1 is 1.47 bits per heavy atom. The predicted octanol–water partition coefficient (Wildman–Crippen LogP) is 0.769. The predicted molar refractivity (Wildman–Crippen MR) is 72.8 cm³/mol. The molecule has 1 heterocycles. The van der Waals surface area contributed by atoms with Gasteiger partial charge in [0.15, 0.2) is 5.84 Å². The summed E-state index contributed by atoms with van der Waals surface area (Å²) in [6.07, 6.45) is 2.67. The zero-order valence-corrected chi connectivity index (χ0v) is 11.7. The molecule has 19 heavy (non-hydrogen) atoms. The lowest BCUT2D eigenvalue weighted by Crippen LogP contribution is -2.46. The van der Waals surface area contributed by atoms with Gasteiger partial charge in [-0.2, -0.15) is 0 Å². The molecule has 0 aromatic rings. The molecule has 0 aromatic carbocycles. The Kier molecular flexibility index (Phi) is 6.08. The minimum atomic E-state index is -0.530. The standard InChI is InChI=1S/C13H25N3O3/c1-3-4-11(12(14)15-19)13(18)16-7-5-10(6-8-16)9(2)17/h9-11,17,19H,3-8H2,1-2H3,(H2,14,15). The first kappa shape index (κ1) is 15.8. The highest BCUT2D eigenvalue weighted by atomic mass is 16.4. The number of oxime groups is 1. The van der Waals surface area contributed by atoms with E-state index in [2.05, 4.69) is 5.16 Å². The fraction of sp³-hybridized carbons (Fsp3) is 0.846. The SMILES string of the molecule is CCCC(C(=O)N1CCC(C(C)O)CC1)C(N)=NO. The molecule has 1 rings (SSSR count). The van der Waals surface area contributed by atoms with Gasteiger partial charge in [0.05, 0.1) is 12.0 Å². The van der Waals surface area contributed by atoms with Gasteiger partial charge in [0, 0.05) is 13.1 Å². The van der Waals surface area contributed by atoms with E-state index in [1.807, 2.05) is 6.92 Å². The second-order valence-corrected chi connectivity index (χ2v) is 5.27. The Morgan fingerprint density at radius 2 is 2.05 bits per heavy atom. The highest BCUT2D eigenvalue weighted by molar-refractivity contribution is 6.02. The fourth-order valence-corrected chi connectivity index (χ4v) is 2.58. The number of nitrogens with two attached hydrogens (primary N) is 1. The summed E-state index contributed by atoms with van der Waals surface area (Å²) in [7, 11) is 0. The average Bonchev–Trinajstić information content (AvgIpc) is 2.43. The number of carbonyl (C=O) groups is 1. The Hall–Kier alpha value is -1.30. The topological polar surface area (TPSA) is 99.2 Å². The van der Waals surface area contributed by atoms with E-state index in [4.69, 9.17) is 10.9 Å². The number of aliphatic hydroxyl groups is 1. The van der Waals surface area contributed by atoms with Crippen LogP contribution in [0.25, 0.3) is 0 Å². The third kappa shape index (κ3) is 4.09. The zero-order chi connectivity index (χ0) is 14.4. The summed E-state index contributed by atoms with van der Waals surface area (Å²) >= 11 is 0. The number of likely N-dealkylation sites (tertiary alicyclic amines) is 1. The van der Waals surface area contributed by atoms with Crippen molar-refractivity contribution >= 4 is 11.7 Å². The van der Waals surface area contributed by atoms with Crippen molar-refractivity contribution < 1.29 is 15.1 Å². The van der Waals surface area contributed by atoms with Crippen LogP contribution in [0.1, 0.15) is 39.5 Å². The second-order valence-electron chi connectivity index (χ2n) is 5.27. The molecular weight excluding hydrogens is 246 g/mol. The molecule has 2 atom stereocenters. The minimum absolute atomic E-state index is 0.00972. The Labute approximate surface area is 114 Å². The molecule has 0 aromatic heterocycles. The summed E-state index contributed by atoms with van der Waals surface area (Å²) in [6.45, 7) is 5.02. The van der Waals surface area contributed by atoms with E-state index >= 15 is 0 Å². The first-order chi connectivity index (χ1) is 9.01. The Balaban J connectivity index is 2.62. The smallest absolute Gasteiger partial charge is 0.233 e. The summed E-state index contributed by atoms with van der Waals surface area (Å²) in [4.78, 5) is 14.1. The van der Waals surface area contributed by atoms with Crippen molar-refractivity contribution in [2.45, 2.75) is 45.6 Å². The van der Waals surface area contributed by atoms with E-state index in [1.165, 1.54) is 0 Å². The van der Waals surface area contributed by atoms with E-state index in [0.717, 1.165) is 19.3 Å². The Morgan fingerprint density at radius 3 is 2.47 bits per heavy atom. The lowest BCUT2D eigenvalue weighted by atomic mass is 9.91. The van der Waals surface area contributed by atoms with Crippen LogP contribution in [-0.4, -0.2) is 46.1 Å². The first-order valence-electron chi connectivity index (χ1n) is 6.95. The molecule has 0 aliphatic carbocycles. The van der Waals surface area contributed by atoms with Crippen molar-refractivity contribution in [3.05, 3.63) is 0 Å². The van der Waals surface area contributed by atoms with Gasteiger partial charge >= 0.3 is 0 Å². The summed E-state index contributed by atoms with van der Waals surface area (Å²) in [6, 6.07) is 0. The van der Waals surface area contributed by atoms with Crippen LogP contribution in [0.15, 0.2) is 5.16 Å². The van der Waals surface area contributed by atoms with Gasteiger partial charge in [-0.3, -0.25) is 4.79 Å². The van der Waals surface area contributed by atoms with Gasteiger partial charge < -0.3 is 20.9 Å². The van der Waals surface area contributed by atoms with Gasteiger partial charge in [-0.05, 0) is 32.1 Å². The van der Waals surface area contributed by atoms with Crippen molar-refractivity contribution in [2.75, 3.05) is 13.1 Å². The van der Waals surface area contributed by atoms with E-state index in [9.17, 15) is 9.90 Å². The molecule has 0 radical (unpaired) electrons. The summed E-state index contributed by atoms with van der Waals surface area (Å²) in [5, 5.41) is 21.3. The van der Waals surface area contributed by atoms with Crippen LogP contribution in [0.4, 0.5) is 0 Å². The van der Waals surface area contributed by atoms with Gasteiger partial charge in [-0.15, -0.1) is 0 Å². The van der Waals surface area contributed by atoms with E-state index < -0.39 is 5.92 Å². The van der Waals surface area contributed by atoms with Crippen LogP contribution in [-0.2, 0) is 4.79 Å². The molecule has 0 saturated carbocycles. The van der Waals surface area contributed by atoms with Crippen molar-refractivity contribution in [1.82, 2.24) is 4.90 Å². The van der Waals surface area contributed by atoms with Gasteiger partial charge in [-0.1, -0.05) is 18.5 Å². The molecule has 1 aliphatic rings. The minimum Gasteiger partial charge on any atom is -0.409 e. The molecule has 2 unspecified atom stereocenters. The number of rotatable bonds is 5. The molecular formula is C13H25N3O3. The zero-order valence-electron chi connectivity index (χ0n) is 11.7. The number of amides is 1. The second kappa shape index (κ2) is 7.33. The molecule has 1 saturated heterocycles. The van der Waals surface area contributed by atoms with Crippen LogP contribution in [0, 0.1) is 11.8 Å². The molecule has 0 spiro atoms. The van der Waals surface area contributed by atoms with Gasteiger partial charge in [0.2, 0.25) is 5.91 Å². The van der Waals surface area contributed by atoms with E-state index in [-0.39, 0.29) is 23.8 Å². The third-order valence-electron chi connectivity index (χ3n) is 3.88. The van der Waals surface area contributed by atoms with E-state index in [1.54, 1.807) is 11.8 Å². The lowest BCUT2D eigenvalue weighted by molar-refractivity contribution is -0.135. The van der Waals surface area contributed by atoms with E-state index in [0.29, 0.717) is 19.5 Å². The normalized spacial score (nSPS) is 21.2. The van der Waals surface area contributed by atoms with Gasteiger partial charge in [0.1, 0.15) is 0 Å². The number of amidine groups is 1. The molecule has 6 nitrogen and oxygen atoms in total. The van der Waals surface area contributed by atoms with Crippen LogP contribution >= 0.6 is 0 Å². The first-order valence-corrected chi connectivity index (χ1v) is 6.95. The van der Waals surface area contributed by atoms with Crippen molar-refractivity contribution in [3.63, 3.8) is 0 Å². The maximum atomic E-state index is 12.4. The largest absolute Gasteiger partial charge is 0.409 e. The number of hydrogen-bond acceptors (Lipinski definition) is 4. The number of hydrogen-bond donors (Lipinski definition) is 3. The molecule has 0 bridgehead atoms. The molecule has 1 aliphatic heterocycles. The van der Waals surface area contributed by atoms with Crippen LogP contribution in [0.3, 0.4) is 0 Å². The van der Waals surface area contributed by atoms with Crippen LogP contribution in [0.5, 0.6) is 0 Å². The summed E-state index contributed by atoms with van der Waals surface area (Å²) in [5.74, 6) is -0.346. The Bertz CT molecular complexity index is 323. The highest BCUT2D eigenvalue weighted by Crippen LogP contribution is 2.22. The summed E-state index contributed by atoms with van der Waals surface area (Å²) in [5.41, 5.74) is 5.60. The monoisotopic (exact) mass is 271 g/mol. The molecule has 4 N–H and O–H groups in total. The molecule has 1 amide bonds. The van der Waals surface area contributed by atoms with Crippen molar-refractivity contribution in [3.8, 4) is 0 Å². The van der Waals surface area contributed by atoms with Crippen LogP contribution < -0.4 is 5.73 Å². The molecule has 6 heteroatoms. The number of piperidine rings is 1.